The van der Waals surface area contributed by atoms with Crippen LogP contribution in [-0.4, -0.2) is 28.7 Å². The van der Waals surface area contributed by atoms with E-state index < -0.39 is 5.97 Å². The van der Waals surface area contributed by atoms with Crippen molar-refractivity contribution in [1.82, 2.24) is 4.57 Å². The van der Waals surface area contributed by atoms with Crippen molar-refractivity contribution in [3.05, 3.63) is 65.9 Å². The van der Waals surface area contributed by atoms with Gasteiger partial charge >= 0.3 is 5.97 Å². The minimum Gasteiger partial charge on any atom is -0.478 e. The molecule has 1 aromatic heterocycles. The average molecular weight is 338 g/mol. The van der Waals surface area contributed by atoms with Crippen LogP contribution >= 0.6 is 0 Å². The predicted molar refractivity (Wildman–Crippen MR) is 94.7 cm³/mol. The molecular formula is C19H18N2O4. The molecule has 0 aliphatic carbocycles. The van der Waals surface area contributed by atoms with Crippen LogP contribution < -0.4 is 5.32 Å². The molecule has 0 atom stereocenters. The number of benzene rings is 2. The smallest absolute Gasteiger partial charge is 0.335 e. The first kappa shape index (κ1) is 16.7. The Balaban J connectivity index is 1.79. The summed E-state index contributed by atoms with van der Waals surface area (Å²) in [6, 6.07) is 14.4. The highest BCUT2D eigenvalue weighted by molar-refractivity contribution is 5.94. The van der Waals surface area contributed by atoms with Gasteiger partial charge in [0.05, 0.1) is 12.2 Å². The molecule has 0 radical (unpaired) electrons. The number of carbonyl (C=O) groups excluding carboxylic acids is 1. The number of carbonyl (C=O) groups is 2. The number of methoxy groups -OCH3 is 1. The summed E-state index contributed by atoms with van der Waals surface area (Å²) in [5.41, 5.74) is 2.20. The molecule has 0 unspecified atom stereocenters. The number of anilines is 1. The van der Waals surface area contributed by atoms with Gasteiger partial charge in [-0.25, -0.2) is 4.79 Å². The number of ether oxygens (including phenoxy) is 1. The van der Waals surface area contributed by atoms with E-state index >= 15 is 0 Å². The summed E-state index contributed by atoms with van der Waals surface area (Å²) in [5.74, 6) is -1.28. The third kappa shape index (κ3) is 3.87. The maximum absolute atomic E-state index is 12.4. The third-order valence-electron chi connectivity index (χ3n) is 3.83. The minimum atomic E-state index is -1.05. The molecule has 0 bridgehead atoms. The molecule has 6 nitrogen and oxygen atoms in total. The second-order valence-electron chi connectivity index (χ2n) is 5.71. The normalized spacial score (nSPS) is 10.8. The van der Waals surface area contributed by atoms with Gasteiger partial charge in [0.15, 0.2) is 0 Å². The molecule has 2 aromatic carbocycles. The molecule has 0 spiro atoms. The maximum Gasteiger partial charge on any atom is 0.335 e. The van der Waals surface area contributed by atoms with Gasteiger partial charge in [-0.05, 0) is 41.3 Å². The SMILES string of the molecule is COCc1cc(NC(=O)Cn2ccc3ccccc32)cc(C(=O)O)c1. The number of nitrogens with one attached hydrogen (secondary N) is 1. The lowest BCUT2D eigenvalue weighted by Crippen LogP contribution is -2.18. The molecule has 128 valence electrons. The van der Waals surface area contributed by atoms with Crippen molar-refractivity contribution < 1.29 is 19.4 Å². The van der Waals surface area contributed by atoms with Crippen LogP contribution in [0.25, 0.3) is 10.9 Å². The van der Waals surface area contributed by atoms with E-state index in [-0.39, 0.29) is 24.6 Å². The molecule has 1 heterocycles. The van der Waals surface area contributed by atoms with Gasteiger partial charge in [0.2, 0.25) is 5.91 Å². The molecule has 0 fully saturated rings. The molecular weight excluding hydrogens is 320 g/mol. The van der Waals surface area contributed by atoms with Crippen LogP contribution in [-0.2, 0) is 22.7 Å². The third-order valence-corrected chi connectivity index (χ3v) is 3.83. The Morgan fingerprint density at radius 2 is 1.96 bits per heavy atom. The Hall–Kier alpha value is -3.12. The lowest BCUT2D eigenvalue weighted by molar-refractivity contribution is -0.116. The van der Waals surface area contributed by atoms with Crippen LogP contribution in [0.15, 0.2) is 54.7 Å². The number of amides is 1. The van der Waals surface area contributed by atoms with Crippen LogP contribution in [0.5, 0.6) is 0 Å². The lowest BCUT2D eigenvalue weighted by atomic mass is 10.1. The maximum atomic E-state index is 12.4. The van der Waals surface area contributed by atoms with E-state index in [1.807, 2.05) is 41.1 Å². The van der Waals surface area contributed by atoms with Gasteiger partial charge in [-0.2, -0.15) is 0 Å². The number of carboxylic acids is 1. The first-order chi connectivity index (χ1) is 12.1. The quantitative estimate of drug-likeness (QED) is 0.723. The summed E-state index contributed by atoms with van der Waals surface area (Å²) in [6.07, 6.45) is 1.86. The fourth-order valence-electron chi connectivity index (χ4n) is 2.77. The van der Waals surface area contributed by atoms with Gasteiger partial charge in [-0.1, -0.05) is 18.2 Å². The van der Waals surface area contributed by atoms with Gasteiger partial charge in [-0.3, -0.25) is 4.79 Å². The zero-order valence-corrected chi connectivity index (χ0v) is 13.7. The van der Waals surface area contributed by atoms with Crippen molar-refractivity contribution >= 4 is 28.5 Å². The highest BCUT2D eigenvalue weighted by Gasteiger charge is 2.11. The number of carboxylic acid groups (broad SMARTS) is 1. The summed E-state index contributed by atoms with van der Waals surface area (Å²) < 4.78 is 6.90. The van der Waals surface area contributed by atoms with E-state index in [2.05, 4.69) is 5.32 Å². The van der Waals surface area contributed by atoms with Crippen molar-refractivity contribution in [3.8, 4) is 0 Å². The van der Waals surface area contributed by atoms with E-state index in [1.165, 1.54) is 19.2 Å². The van der Waals surface area contributed by atoms with Crippen LogP contribution in [0.3, 0.4) is 0 Å². The Bertz CT molecular complexity index is 930. The predicted octanol–water partition coefficient (Wildman–Crippen LogP) is 3.12. The fourth-order valence-corrected chi connectivity index (χ4v) is 2.77. The number of aromatic nitrogens is 1. The molecule has 0 aliphatic rings. The van der Waals surface area contributed by atoms with Crippen LogP contribution in [0.4, 0.5) is 5.69 Å². The zero-order chi connectivity index (χ0) is 17.8. The summed E-state index contributed by atoms with van der Waals surface area (Å²) in [7, 11) is 1.53. The summed E-state index contributed by atoms with van der Waals surface area (Å²) in [6.45, 7) is 0.413. The summed E-state index contributed by atoms with van der Waals surface area (Å²) >= 11 is 0. The Kier molecular flexibility index (Phi) is 4.81. The topological polar surface area (TPSA) is 80.6 Å². The first-order valence-electron chi connectivity index (χ1n) is 7.77. The van der Waals surface area contributed by atoms with Crippen molar-refractivity contribution in [2.75, 3.05) is 12.4 Å². The number of hydrogen-bond donors (Lipinski definition) is 2. The van der Waals surface area contributed by atoms with Gasteiger partial charge in [0.1, 0.15) is 6.54 Å². The van der Waals surface area contributed by atoms with Crippen molar-refractivity contribution in [2.45, 2.75) is 13.2 Å². The summed E-state index contributed by atoms with van der Waals surface area (Å²) in [5, 5.41) is 13.0. The van der Waals surface area contributed by atoms with E-state index in [0.29, 0.717) is 11.3 Å². The second-order valence-corrected chi connectivity index (χ2v) is 5.71. The fraction of sp³-hybridized carbons (Fsp3) is 0.158. The van der Waals surface area contributed by atoms with Crippen molar-refractivity contribution in [2.24, 2.45) is 0 Å². The Labute approximate surface area is 144 Å². The van der Waals surface area contributed by atoms with Crippen LogP contribution in [0, 0.1) is 0 Å². The zero-order valence-electron chi connectivity index (χ0n) is 13.7. The van der Waals surface area contributed by atoms with E-state index in [0.717, 1.165) is 10.9 Å². The molecule has 6 heteroatoms. The number of hydrogen-bond acceptors (Lipinski definition) is 3. The number of aromatic carboxylic acids is 1. The molecule has 0 aliphatic heterocycles. The van der Waals surface area contributed by atoms with Crippen molar-refractivity contribution in [3.63, 3.8) is 0 Å². The molecule has 2 N–H and O–H groups in total. The molecule has 1 amide bonds. The largest absolute Gasteiger partial charge is 0.478 e. The molecule has 0 saturated carbocycles. The Morgan fingerprint density at radius 3 is 2.72 bits per heavy atom. The van der Waals surface area contributed by atoms with E-state index in [4.69, 9.17) is 4.74 Å². The standard InChI is InChI=1S/C19H18N2O4/c1-25-12-13-8-15(19(23)24)10-16(9-13)20-18(22)11-21-7-6-14-4-2-3-5-17(14)21/h2-10H,11-12H2,1H3,(H,20,22)(H,23,24). The number of rotatable bonds is 6. The molecule has 3 aromatic rings. The Morgan fingerprint density at radius 1 is 1.16 bits per heavy atom. The lowest BCUT2D eigenvalue weighted by Gasteiger charge is -2.10. The average Bonchev–Trinajstić information content (AvgIpc) is 2.98. The molecule has 25 heavy (non-hydrogen) atoms. The number of fused-ring (bicyclic) bond motifs is 1. The molecule has 0 saturated heterocycles. The van der Waals surface area contributed by atoms with Gasteiger partial charge in [0, 0.05) is 24.5 Å². The first-order valence-corrected chi connectivity index (χ1v) is 7.77. The van der Waals surface area contributed by atoms with E-state index in [1.54, 1.807) is 6.07 Å². The van der Waals surface area contributed by atoms with Crippen LogP contribution in [0.2, 0.25) is 0 Å². The van der Waals surface area contributed by atoms with E-state index in [9.17, 15) is 14.7 Å². The monoisotopic (exact) mass is 338 g/mol. The highest BCUT2D eigenvalue weighted by atomic mass is 16.5. The van der Waals surface area contributed by atoms with Gasteiger partial charge in [0.25, 0.3) is 0 Å². The summed E-state index contributed by atoms with van der Waals surface area (Å²) in [4.78, 5) is 23.6. The highest BCUT2D eigenvalue weighted by Crippen LogP contribution is 2.18. The van der Waals surface area contributed by atoms with Gasteiger partial charge < -0.3 is 19.7 Å². The van der Waals surface area contributed by atoms with Crippen LogP contribution in [0.1, 0.15) is 15.9 Å². The van der Waals surface area contributed by atoms with Gasteiger partial charge in [-0.15, -0.1) is 0 Å². The number of para-hydroxylation sites is 1. The number of nitrogens with zero attached hydrogens (tertiary/aromatic N) is 1. The van der Waals surface area contributed by atoms with Crippen molar-refractivity contribution in [1.29, 1.82) is 0 Å². The second kappa shape index (κ2) is 7.19. The minimum absolute atomic E-state index is 0.108. The molecule has 3 rings (SSSR count).